The Hall–Kier alpha value is -2.04. The molecule has 0 heterocycles. The Balaban J connectivity index is 1.89. The first kappa shape index (κ1) is 25.0. The third-order valence-electron chi connectivity index (χ3n) is 5.10. The van der Waals surface area contributed by atoms with Gasteiger partial charge in [-0.1, -0.05) is 84.0 Å². The lowest BCUT2D eigenvalue weighted by Gasteiger charge is -2.07. The minimum atomic E-state index is -0.269. The predicted octanol–water partition coefficient (Wildman–Crippen LogP) is 5.93. The van der Waals surface area contributed by atoms with Crippen LogP contribution in [0.1, 0.15) is 96.8 Å². The minimum Gasteiger partial charge on any atom is -0.508 e. The van der Waals surface area contributed by atoms with Crippen LogP contribution in [0.4, 0.5) is 5.69 Å². The summed E-state index contributed by atoms with van der Waals surface area (Å²) >= 11 is 0. The van der Waals surface area contributed by atoms with Crippen molar-refractivity contribution in [2.75, 3.05) is 11.9 Å². The van der Waals surface area contributed by atoms with Gasteiger partial charge in [0.2, 0.25) is 11.8 Å². The molecule has 2 amide bonds. The molecule has 1 aromatic rings. The van der Waals surface area contributed by atoms with Crippen LogP contribution in [-0.4, -0.2) is 23.5 Å². The number of hydrogen-bond acceptors (Lipinski definition) is 3. The van der Waals surface area contributed by atoms with Gasteiger partial charge in [-0.25, -0.2) is 0 Å². The smallest absolute Gasteiger partial charge is 0.243 e. The summed E-state index contributed by atoms with van der Waals surface area (Å²) < 4.78 is 0. The maximum atomic E-state index is 11.8. The summed E-state index contributed by atoms with van der Waals surface area (Å²) in [6, 6.07) is 6.23. The van der Waals surface area contributed by atoms with E-state index < -0.39 is 0 Å². The largest absolute Gasteiger partial charge is 0.508 e. The Kier molecular flexibility index (Phi) is 14.5. The second-order valence-electron chi connectivity index (χ2n) is 7.86. The summed E-state index contributed by atoms with van der Waals surface area (Å²) in [5, 5.41) is 14.5. The molecule has 5 nitrogen and oxygen atoms in total. The molecule has 0 saturated heterocycles. The summed E-state index contributed by atoms with van der Waals surface area (Å²) in [7, 11) is 0. The van der Waals surface area contributed by atoms with E-state index in [1.165, 1.54) is 82.8 Å². The number of aromatic hydroxyl groups is 1. The highest BCUT2D eigenvalue weighted by molar-refractivity contribution is 5.94. The fraction of sp³-hybridized carbons (Fsp3) is 0.667. The number of carbonyl (C=O) groups is 2. The molecule has 0 atom stereocenters. The van der Waals surface area contributed by atoms with Crippen molar-refractivity contribution < 1.29 is 14.7 Å². The van der Waals surface area contributed by atoms with Gasteiger partial charge in [-0.3, -0.25) is 9.59 Å². The van der Waals surface area contributed by atoms with Crippen molar-refractivity contribution in [2.45, 2.75) is 96.8 Å². The molecule has 0 radical (unpaired) electrons. The van der Waals surface area contributed by atoms with Crippen LogP contribution in [0.15, 0.2) is 24.3 Å². The highest BCUT2D eigenvalue weighted by atomic mass is 16.3. The van der Waals surface area contributed by atoms with E-state index in [9.17, 15) is 14.7 Å². The lowest BCUT2D eigenvalue weighted by Crippen LogP contribution is -2.32. The topological polar surface area (TPSA) is 78.4 Å². The maximum Gasteiger partial charge on any atom is 0.243 e. The van der Waals surface area contributed by atoms with E-state index in [0.717, 1.165) is 12.8 Å². The third-order valence-corrected chi connectivity index (χ3v) is 5.10. The molecule has 0 aliphatic heterocycles. The molecule has 1 aromatic carbocycles. The zero-order valence-corrected chi connectivity index (χ0v) is 18.2. The predicted molar refractivity (Wildman–Crippen MR) is 120 cm³/mol. The number of carbonyl (C=O) groups excluding carboxylic acids is 2. The number of phenols is 1. The van der Waals surface area contributed by atoms with Crippen molar-refractivity contribution in [3.63, 3.8) is 0 Å². The van der Waals surface area contributed by atoms with Gasteiger partial charge < -0.3 is 15.7 Å². The monoisotopic (exact) mass is 404 g/mol. The normalized spacial score (nSPS) is 10.7. The van der Waals surface area contributed by atoms with E-state index in [4.69, 9.17) is 0 Å². The number of phenolic OH excluding ortho intramolecular Hbond substituents is 1. The van der Waals surface area contributed by atoms with Gasteiger partial charge in [-0.05, 0) is 30.7 Å². The number of amides is 2. The van der Waals surface area contributed by atoms with Gasteiger partial charge in [-0.2, -0.15) is 0 Å². The molecule has 3 N–H and O–H groups in total. The fourth-order valence-electron chi connectivity index (χ4n) is 3.32. The van der Waals surface area contributed by atoms with Crippen LogP contribution >= 0.6 is 0 Å². The molecule has 5 heteroatoms. The van der Waals surface area contributed by atoms with Crippen LogP contribution in [0.2, 0.25) is 0 Å². The Labute approximate surface area is 176 Å². The van der Waals surface area contributed by atoms with Crippen LogP contribution in [0.5, 0.6) is 5.75 Å². The molecule has 0 aromatic heterocycles. The second-order valence-corrected chi connectivity index (χ2v) is 7.86. The second kappa shape index (κ2) is 16.9. The molecule has 0 aliphatic carbocycles. The molecule has 0 unspecified atom stereocenters. The Morgan fingerprint density at radius 1 is 0.724 bits per heavy atom. The van der Waals surface area contributed by atoms with Crippen LogP contribution in [0, 0.1) is 0 Å². The Bertz CT molecular complexity index is 558. The van der Waals surface area contributed by atoms with Crippen LogP contribution < -0.4 is 10.6 Å². The molecule has 29 heavy (non-hydrogen) atoms. The van der Waals surface area contributed by atoms with Crippen molar-refractivity contribution in [1.82, 2.24) is 5.32 Å². The number of unbranched alkanes of at least 4 members (excludes halogenated alkanes) is 12. The summed E-state index contributed by atoms with van der Waals surface area (Å²) in [4.78, 5) is 23.6. The molecular weight excluding hydrogens is 364 g/mol. The highest BCUT2D eigenvalue weighted by Crippen LogP contribution is 2.14. The average Bonchev–Trinajstić information content (AvgIpc) is 2.71. The molecule has 164 valence electrons. The van der Waals surface area contributed by atoms with E-state index in [1.807, 2.05) is 0 Å². The molecule has 0 saturated carbocycles. The molecule has 0 fully saturated rings. The van der Waals surface area contributed by atoms with Crippen LogP contribution in [-0.2, 0) is 9.59 Å². The standard InChI is InChI=1S/C24H40N2O3/c1-2-3-4-5-6-7-8-9-10-11-12-13-14-15-23(28)25-20-24(29)26-21-16-18-22(27)19-17-21/h16-19,27H,2-15,20H2,1H3,(H,25,28)(H,26,29). The minimum absolute atomic E-state index is 0.0296. The first-order chi connectivity index (χ1) is 14.1. The molecule has 0 spiro atoms. The van der Waals surface area contributed by atoms with Crippen molar-refractivity contribution >= 4 is 17.5 Å². The van der Waals surface area contributed by atoms with Gasteiger partial charge in [0.15, 0.2) is 0 Å². The van der Waals surface area contributed by atoms with Crippen molar-refractivity contribution in [3.05, 3.63) is 24.3 Å². The van der Waals surface area contributed by atoms with E-state index in [0.29, 0.717) is 12.1 Å². The third kappa shape index (κ3) is 14.6. The Morgan fingerprint density at radius 3 is 1.72 bits per heavy atom. The SMILES string of the molecule is CCCCCCCCCCCCCCCC(=O)NCC(=O)Nc1ccc(O)cc1. The quantitative estimate of drug-likeness (QED) is 0.222. The average molecular weight is 405 g/mol. The van der Waals surface area contributed by atoms with Gasteiger partial charge in [-0.15, -0.1) is 0 Å². The molecule has 0 bridgehead atoms. The number of rotatable bonds is 17. The number of benzene rings is 1. The molecular formula is C24H40N2O3. The molecule has 1 rings (SSSR count). The zero-order valence-electron chi connectivity index (χ0n) is 18.2. The van der Waals surface area contributed by atoms with Crippen molar-refractivity contribution in [1.29, 1.82) is 0 Å². The van der Waals surface area contributed by atoms with E-state index in [2.05, 4.69) is 17.6 Å². The summed E-state index contributed by atoms with van der Waals surface area (Å²) in [6.07, 6.45) is 17.1. The number of anilines is 1. The first-order valence-corrected chi connectivity index (χ1v) is 11.5. The first-order valence-electron chi connectivity index (χ1n) is 11.5. The lowest BCUT2D eigenvalue weighted by atomic mass is 10.0. The van der Waals surface area contributed by atoms with Gasteiger partial charge in [0.05, 0.1) is 6.54 Å². The van der Waals surface area contributed by atoms with Crippen molar-refractivity contribution in [2.24, 2.45) is 0 Å². The van der Waals surface area contributed by atoms with Gasteiger partial charge in [0, 0.05) is 12.1 Å². The summed E-state index contributed by atoms with van der Waals surface area (Å²) in [5.74, 6) is -0.197. The zero-order chi connectivity index (χ0) is 21.2. The number of nitrogens with one attached hydrogen (secondary N) is 2. The summed E-state index contributed by atoms with van der Waals surface area (Å²) in [6.45, 7) is 2.23. The van der Waals surface area contributed by atoms with E-state index >= 15 is 0 Å². The van der Waals surface area contributed by atoms with Gasteiger partial charge >= 0.3 is 0 Å². The molecule has 0 aliphatic rings. The Morgan fingerprint density at radius 2 is 1.21 bits per heavy atom. The fourth-order valence-corrected chi connectivity index (χ4v) is 3.32. The summed E-state index contributed by atoms with van der Waals surface area (Å²) in [5.41, 5.74) is 0.596. The highest BCUT2D eigenvalue weighted by Gasteiger charge is 2.06. The lowest BCUT2D eigenvalue weighted by molar-refractivity contribution is -0.124. The van der Waals surface area contributed by atoms with Gasteiger partial charge in [0.1, 0.15) is 5.75 Å². The van der Waals surface area contributed by atoms with Crippen LogP contribution in [0.3, 0.4) is 0 Å². The van der Waals surface area contributed by atoms with Crippen LogP contribution in [0.25, 0.3) is 0 Å². The maximum absolute atomic E-state index is 11.8. The van der Waals surface area contributed by atoms with E-state index in [-0.39, 0.29) is 24.1 Å². The van der Waals surface area contributed by atoms with Gasteiger partial charge in [0.25, 0.3) is 0 Å². The van der Waals surface area contributed by atoms with E-state index in [1.54, 1.807) is 12.1 Å². The van der Waals surface area contributed by atoms with Crippen molar-refractivity contribution in [3.8, 4) is 5.75 Å². The number of hydrogen-bond donors (Lipinski definition) is 3.